The molecule has 0 saturated heterocycles. The van der Waals surface area contributed by atoms with Crippen LogP contribution in [0.25, 0.3) is 0 Å². The molecule has 0 unspecified atom stereocenters. The van der Waals surface area contributed by atoms with E-state index in [0.717, 1.165) is 11.6 Å². The number of hydrogen-bond donors (Lipinski definition) is 0. The Kier molecular flexibility index (Phi) is 4.39. The van der Waals surface area contributed by atoms with E-state index >= 15 is 0 Å². The third-order valence-corrected chi connectivity index (χ3v) is 3.80. The second-order valence-electron chi connectivity index (χ2n) is 4.69. The third-order valence-electron chi connectivity index (χ3n) is 2.75. The van der Waals surface area contributed by atoms with E-state index < -0.39 is 10.7 Å². The molecule has 5 heteroatoms. The molecule has 0 saturated carbocycles. The highest BCUT2D eigenvalue weighted by atomic mass is 32.2. The van der Waals surface area contributed by atoms with Crippen LogP contribution in [0.15, 0.2) is 41.3 Å². The van der Waals surface area contributed by atoms with Crippen LogP contribution in [-0.4, -0.2) is 4.92 Å². The van der Waals surface area contributed by atoms with Crippen molar-refractivity contribution in [3.8, 4) is 0 Å². The zero-order chi connectivity index (χ0) is 14.7. The van der Waals surface area contributed by atoms with Crippen molar-refractivity contribution in [1.29, 1.82) is 0 Å². The third kappa shape index (κ3) is 3.81. The van der Waals surface area contributed by atoms with Crippen LogP contribution >= 0.6 is 11.8 Å². The van der Waals surface area contributed by atoms with Gasteiger partial charge < -0.3 is 0 Å². The lowest BCUT2D eigenvalue weighted by Crippen LogP contribution is -1.90. The Morgan fingerprint density at radius 1 is 1.10 bits per heavy atom. The van der Waals surface area contributed by atoms with E-state index in [1.54, 1.807) is 0 Å². The number of aryl methyl sites for hydroxylation is 2. The highest BCUT2D eigenvalue weighted by Crippen LogP contribution is 2.28. The standard InChI is InChI=1S/C15H14FNO2S/c1-10-3-11(2)5-12(4-10)9-20-15-7-13(16)6-14(8-15)17(18)19/h3-8H,9H2,1-2H3. The van der Waals surface area contributed by atoms with Gasteiger partial charge in [0.15, 0.2) is 0 Å². The highest BCUT2D eigenvalue weighted by Gasteiger charge is 2.10. The van der Waals surface area contributed by atoms with Gasteiger partial charge in [0.2, 0.25) is 0 Å². The lowest BCUT2D eigenvalue weighted by molar-refractivity contribution is -0.385. The average molecular weight is 291 g/mol. The summed E-state index contributed by atoms with van der Waals surface area (Å²) in [6, 6.07) is 9.86. The number of halogens is 1. The van der Waals surface area contributed by atoms with Crippen LogP contribution in [0.1, 0.15) is 16.7 Å². The van der Waals surface area contributed by atoms with Crippen molar-refractivity contribution in [2.75, 3.05) is 0 Å². The van der Waals surface area contributed by atoms with Crippen molar-refractivity contribution in [3.63, 3.8) is 0 Å². The summed E-state index contributed by atoms with van der Waals surface area (Å²) in [6.45, 7) is 4.04. The lowest BCUT2D eigenvalue weighted by Gasteiger charge is -2.05. The number of non-ortho nitro benzene ring substituents is 1. The molecule has 0 aromatic heterocycles. The molecule has 0 spiro atoms. The highest BCUT2D eigenvalue weighted by molar-refractivity contribution is 7.98. The average Bonchev–Trinajstić information content (AvgIpc) is 2.34. The predicted octanol–water partition coefficient (Wildman–Crippen LogP) is 4.64. The van der Waals surface area contributed by atoms with E-state index in [0.29, 0.717) is 10.6 Å². The first kappa shape index (κ1) is 14.5. The summed E-state index contributed by atoms with van der Waals surface area (Å²) in [5.74, 6) is 0.0745. The fourth-order valence-electron chi connectivity index (χ4n) is 2.06. The molecule has 2 aromatic rings. The van der Waals surface area contributed by atoms with E-state index in [1.807, 2.05) is 13.8 Å². The molecular weight excluding hydrogens is 277 g/mol. The Hall–Kier alpha value is -1.88. The van der Waals surface area contributed by atoms with Gasteiger partial charge in [0.1, 0.15) is 5.82 Å². The Balaban J connectivity index is 2.16. The summed E-state index contributed by atoms with van der Waals surface area (Å²) in [7, 11) is 0. The van der Waals surface area contributed by atoms with E-state index in [9.17, 15) is 14.5 Å². The molecule has 104 valence electrons. The SMILES string of the molecule is Cc1cc(C)cc(CSc2cc(F)cc([N+](=O)[O-])c2)c1. The van der Waals surface area contributed by atoms with Crippen molar-refractivity contribution in [1.82, 2.24) is 0 Å². The van der Waals surface area contributed by atoms with Crippen molar-refractivity contribution in [3.05, 3.63) is 69.0 Å². The Morgan fingerprint density at radius 2 is 1.75 bits per heavy atom. The van der Waals surface area contributed by atoms with Crippen LogP contribution in [-0.2, 0) is 5.75 Å². The summed E-state index contributed by atoms with van der Waals surface area (Å²) in [4.78, 5) is 10.7. The number of nitrogens with zero attached hydrogens (tertiary/aromatic N) is 1. The van der Waals surface area contributed by atoms with E-state index in [1.165, 1.54) is 35.0 Å². The van der Waals surface area contributed by atoms with Gasteiger partial charge in [0, 0.05) is 16.7 Å². The van der Waals surface area contributed by atoms with Crippen molar-refractivity contribution >= 4 is 17.4 Å². The predicted molar refractivity (Wildman–Crippen MR) is 78.5 cm³/mol. The van der Waals surface area contributed by atoms with Gasteiger partial charge in [-0.05, 0) is 25.5 Å². The van der Waals surface area contributed by atoms with Gasteiger partial charge >= 0.3 is 0 Å². The minimum absolute atomic E-state index is 0.215. The second kappa shape index (κ2) is 6.05. The number of thioether (sulfide) groups is 1. The first-order valence-electron chi connectivity index (χ1n) is 6.09. The summed E-state index contributed by atoms with van der Waals surface area (Å²) >= 11 is 1.39. The van der Waals surface area contributed by atoms with Crippen LogP contribution in [0.5, 0.6) is 0 Å². The molecule has 0 amide bonds. The van der Waals surface area contributed by atoms with Gasteiger partial charge in [-0.25, -0.2) is 4.39 Å². The molecule has 0 aliphatic heterocycles. The van der Waals surface area contributed by atoms with Crippen LogP contribution in [0.4, 0.5) is 10.1 Å². The zero-order valence-electron chi connectivity index (χ0n) is 11.2. The first-order chi connectivity index (χ1) is 9.44. The summed E-state index contributed by atoms with van der Waals surface area (Å²) < 4.78 is 13.3. The van der Waals surface area contributed by atoms with Crippen molar-refractivity contribution in [2.45, 2.75) is 24.5 Å². The Labute approximate surface area is 121 Å². The molecule has 0 N–H and O–H groups in total. The summed E-state index contributed by atoms with van der Waals surface area (Å²) in [5, 5.41) is 10.7. The molecular formula is C15H14FNO2S. The van der Waals surface area contributed by atoms with Crippen LogP contribution < -0.4 is 0 Å². The van der Waals surface area contributed by atoms with Gasteiger partial charge in [-0.1, -0.05) is 29.3 Å². The molecule has 0 aliphatic carbocycles. The first-order valence-corrected chi connectivity index (χ1v) is 7.07. The minimum atomic E-state index is -0.581. The molecule has 2 rings (SSSR count). The van der Waals surface area contributed by atoms with Crippen LogP contribution in [0, 0.1) is 29.8 Å². The molecule has 0 radical (unpaired) electrons. The molecule has 0 fully saturated rings. The maximum atomic E-state index is 13.3. The van der Waals surface area contributed by atoms with E-state index in [-0.39, 0.29) is 5.69 Å². The number of nitro groups is 1. The van der Waals surface area contributed by atoms with Gasteiger partial charge in [0.05, 0.1) is 11.0 Å². The Bertz CT molecular complexity index is 638. The summed E-state index contributed by atoms with van der Waals surface area (Å²) in [6.07, 6.45) is 0. The fourth-order valence-corrected chi connectivity index (χ4v) is 2.96. The molecule has 0 heterocycles. The van der Waals surface area contributed by atoms with Gasteiger partial charge in [0.25, 0.3) is 5.69 Å². The normalized spacial score (nSPS) is 10.6. The molecule has 2 aromatic carbocycles. The maximum Gasteiger partial charge on any atom is 0.273 e. The molecule has 0 atom stereocenters. The largest absolute Gasteiger partial charge is 0.273 e. The maximum absolute atomic E-state index is 13.3. The Morgan fingerprint density at radius 3 is 2.35 bits per heavy atom. The minimum Gasteiger partial charge on any atom is -0.258 e. The second-order valence-corrected chi connectivity index (χ2v) is 5.74. The van der Waals surface area contributed by atoms with Crippen LogP contribution in [0.3, 0.4) is 0 Å². The monoisotopic (exact) mass is 291 g/mol. The molecule has 20 heavy (non-hydrogen) atoms. The van der Waals surface area contributed by atoms with E-state index in [4.69, 9.17) is 0 Å². The molecule has 3 nitrogen and oxygen atoms in total. The summed E-state index contributed by atoms with van der Waals surface area (Å²) in [5.41, 5.74) is 3.25. The van der Waals surface area contributed by atoms with Gasteiger partial charge in [-0.3, -0.25) is 10.1 Å². The number of benzene rings is 2. The quantitative estimate of drug-likeness (QED) is 0.468. The lowest BCUT2D eigenvalue weighted by atomic mass is 10.1. The fraction of sp³-hybridized carbons (Fsp3) is 0.200. The topological polar surface area (TPSA) is 43.1 Å². The number of nitro benzene ring substituents is 1. The zero-order valence-corrected chi connectivity index (χ0v) is 12.0. The smallest absolute Gasteiger partial charge is 0.258 e. The molecule has 0 aliphatic rings. The van der Waals surface area contributed by atoms with Crippen LogP contribution in [0.2, 0.25) is 0 Å². The van der Waals surface area contributed by atoms with Crippen molar-refractivity contribution < 1.29 is 9.31 Å². The van der Waals surface area contributed by atoms with Crippen molar-refractivity contribution in [2.24, 2.45) is 0 Å². The van der Waals surface area contributed by atoms with Gasteiger partial charge in [-0.15, -0.1) is 11.8 Å². The van der Waals surface area contributed by atoms with Gasteiger partial charge in [-0.2, -0.15) is 0 Å². The number of rotatable bonds is 4. The number of hydrogen-bond acceptors (Lipinski definition) is 3. The van der Waals surface area contributed by atoms with E-state index in [2.05, 4.69) is 18.2 Å². The molecule has 0 bridgehead atoms.